The third-order valence-electron chi connectivity index (χ3n) is 8.42. The Kier molecular flexibility index (Phi) is 8.55. The van der Waals surface area contributed by atoms with E-state index in [2.05, 4.69) is 15.0 Å². The van der Waals surface area contributed by atoms with Crippen LogP contribution in [0.3, 0.4) is 0 Å². The molecule has 2 aromatic heterocycles. The second-order valence-electron chi connectivity index (χ2n) is 11.5. The minimum absolute atomic E-state index is 0.00423. The fourth-order valence-corrected chi connectivity index (χ4v) is 6.89. The molecule has 2 fully saturated rings. The van der Waals surface area contributed by atoms with Crippen molar-refractivity contribution >= 4 is 34.9 Å². The van der Waals surface area contributed by atoms with Crippen LogP contribution in [0.15, 0.2) is 34.7 Å². The Hall–Kier alpha value is -4.06. The molecule has 4 N–H and O–H groups in total. The number of rotatable bonds is 9. The number of carbonyl (C=O) groups is 3. The van der Waals surface area contributed by atoms with E-state index in [1.165, 1.54) is 4.90 Å². The van der Waals surface area contributed by atoms with Gasteiger partial charge in [-0.3, -0.25) is 14.4 Å². The van der Waals surface area contributed by atoms with Crippen molar-refractivity contribution in [1.29, 1.82) is 0 Å². The average molecular weight is 608 g/mol. The van der Waals surface area contributed by atoms with Crippen LogP contribution in [-0.4, -0.2) is 45.9 Å². The number of nitrogen functional groups attached to an aromatic ring is 1. The summed E-state index contributed by atoms with van der Waals surface area (Å²) in [4.78, 5) is 43.0. The van der Waals surface area contributed by atoms with Gasteiger partial charge in [0, 0.05) is 18.6 Å². The number of anilines is 1. The van der Waals surface area contributed by atoms with Gasteiger partial charge in [-0.05, 0) is 74.0 Å². The van der Waals surface area contributed by atoms with Crippen LogP contribution < -0.4 is 25.8 Å². The lowest BCUT2D eigenvalue weighted by Gasteiger charge is -2.30. The summed E-state index contributed by atoms with van der Waals surface area (Å²) in [6, 6.07) is 7.88. The molecule has 3 amide bonds. The van der Waals surface area contributed by atoms with Gasteiger partial charge in [0.1, 0.15) is 16.4 Å². The van der Waals surface area contributed by atoms with Crippen LogP contribution in [0.4, 0.5) is 5.69 Å². The maximum Gasteiger partial charge on any atom is 0.273 e. The average Bonchev–Trinajstić information content (AvgIpc) is 3.81. The number of carbonyl (C=O) groups excluding carboxylic acids is 3. The van der Waals surface area contributed by atoms with Crippen molar-refractivity contribution in [3.8, 4) is 11.5 Å². The first kappa shape index (κ1) is 29.0. The van der Waals surface area contributed by atoms with Crippen LogP contribution in [0.25, 0.3) is 0 Å². The topological polar surface area (TPSA) is 149 Å². The van der Waals surface area contributed by atoms with Crippen LogP contribution in [-0.2, 0) is 11.3 Å². The summed E-state index contributed by atoms with van der Waals surface area (Å²) in [5.74, 6) is 0.866. The van der Waals surface area contributed by atoms with Gasteiger partial charge in [0.15, 0.2) is 23.2 Å². The largest absolute Gasteiger partial charge is 0.464 e. The minimum Gasteiger partial charge on any atom is -0.464 e. The SMILES string of the molecule is Cc1ccc(C(C(=O)NC2CCCC2)N(Cc2ccc3c(c2)OCO3)C(=O)c2snc(C(=O)NC3CCCCC3)c2N)o1. The monoisotopic (exact) mass is 607 g/mol. The molecule has 1 unspecified atom stereocenters. The highest BCUT2D eigenvalue weighted by atomic mass is 32.1. The first-order valence-corrected chi connectivity index (χ1v) is 15.8. The Bertz CT molecular complexity index is 1490. The summed E-state index contributed by atoms with van der Waals surface area (Å²) >= 11 is 0.862. The first-order chi connectivity index (χ1) is 20.9. The third kappa shape index (κ3) is 6.34. The van der Waals surface area contributed by atoms with Crippen molar-refractivity contribution in [1.82, 2.24) is 19.9 Å². The molecule has 1 aliphatic heterocycles. The van der Waals surface area contributed by atoms with Crippen molar-refractivity contribution in [3.63, 3.8) is 0 Å². The van der Waals surface area contributed by atoms with E-state index >= 15 is 0 Å². The standard InChI is InChI=1S/C31H37N5O6S/c1-18-11-13-23(42-18)27(30(38)34-21-9-5-6-10-21)36(16-19-12-14-22-24(15-19)41-17-40-22)31(39)28-25(32)26(35-43-28)29(37)33-20-7-3-2-4-8-20/h11-15,20-21,27H,2-10,16-17,32H2,1H3,(H,33,37)(H,34,38). The van der Waals surface area contributed by atoms with Gasteiger partial charge < -0.3 is 35.2 Å². The molecule has 0 radical (unpaired) electrons. The number of aryl methyl sites for hydroxylation is 1. The van der Waals surface area contributed by atoms with Gasteiger partial charge in [-0.15, -0.1) is 0 Å². The van der Waals surface area contributed by atoms with Gasteiger partial charge in [-0.25, -0.2) is 0 Å². The zero-order valence-electron chi connectivity index (χ0n) is 24.2. The van der Waals surface area contributed by atoms with E-state index in [-0.39, 0.29) is 53.5 Å². The van der Waals surface area contributed by atoms with Gasteiger partial charge in [-0.2, -0.15) is 4.37 Å². The Labute approximate surface area is 254 Å². The minimum atomic E-state index is -1.09. The summed E-state index contributed by atoms with van der Waals surface area (Å²) in [6.45, 7) is 1.94. The summed E-state index contributed by atoms with van der Waals surface area (Å²) in [7, 11) is 0. The molecule has 2 saturated carbocycles. The molecular weight excluding hydrogens is 570 g/mol. The molecule has 12 heteroatoms. The highest BCUT2D eigenvalue weighted by molar-refractivity contribution is 7.09. The van der Waals surface area contributed by atoms with Crippen molar-refractivity contribution in [3.05, 3.63) is 58.0 Å². The third-order valence-corrected chi connectivity index (χ3v) is 9.27. The molecule has 11 nitrogen and oxygen atoms in total. The molecule has 3 heterocycles. The number of furan rings is 1. The predicted molar refractivity (Wildman–Crippen MR) is 160 cm³/mol. The number of nitrogens with one attached hydrogen (secondary N) is 2. The smallest absolute Gasteiger partial charge is 0.273 e. The Balaban J connectivity index is 1.34. The number of fused-ring (bicyclic) bond motifs is 1. The zero-order valence-corrected chi connectivity index (χ0v) is 25.0. The number of nitrogens with zero attached hydrogens (tertiary/aromatic N) is 2. The maximum absolute atomic E-state index is 14.4. The second kappa shape index (κ2) is 12.7. The number of hydrogen-bond donors (Lipinski definition) is 3. The molecule has 6 rings (SSSR count). The second-order valence-corrected chi connectivity index (χ2v) is 12.3. The van der Waals surface area contributed by atoms with Crippen LogP contribution in [0, 0.1) is 6.92 Å². The molecule has 3 aliphatic rings. The van der Waals surface area contributed by atoms with Crippen LogP contribution in [0.5, 0.6) is 11.5 Å². The molecule has 43 heavy (non-hydrogen) atoms. The Morgan fingerprint density at radius 3 is 2.40 bits per heavy atom. The fraction of sp³-hybridized carbons (Fsp3) is 0.484. The lowest BCUT2D eigenvalue weighted by molar-refractivity contribution is -0.127. The number of nitrogens with two attached hydrogens (primary N) is 1. The van der Waals surface area contributed by atoms with E-state index in [0.717, 1.165) is 74.9 Å². The number of hydrogen-bond acceptors (Lipinski definition) is 9. The quantitative estimate of drug-likeness (QED) is 0.312. The summed E-state index contributed by atoms with van der Waals surface area (Å²) in [5, 5.41) is 6.17. The predicted octanol–water partition coefficient (Wildman–Crippen LogP) is 4.86. The lowest BCUT2D eigenvalue weighted by atomic mass is 9.95. The molecule has 1 atom stereocenters. The molecule has 0 bridgehead atoms. The molecule has 0 spiro atoms. The zero-order chi connectivity index (χ0) is 29.9. The molecule has 2 aliphatic carbocycles. The van der Waals surface area contributed by atoms with Gasteiger partial charge >= 0.3 is 0 Å². The summed E-state index contributed by atoms with van der Waals surface area (Å²) < 4.78 is 21.3. The fourth-order valence-electron chi connectivity index (χ4n) is 6.14. The van der Waals surface area contributed by atoms with E-state index in [1.54, 1.807) is 31.2 Å². The van der Waals surface area contributed by atoms with Gasteiger partial charge in [0.05, 0.1) is 5.69 Å². The highest BCUT2D eigenvalue weighted by Crippen LogP contribution is 2.36. The number of ether oxygens (including phenoxy) is 2. The lowest BCUT2D eigenvalue weighted by Crippen LogP contribution is -2.45. The van der Waals surface area contributed by atoms with Crippen LogP contribution >= 0.6 is 11.5 Å². The number of benzene rings is 1. The summed E-state index contributed by atoms with van der Waals surface area (Å²) in [6.07, 6.45) is 8.94. The molecule has 3 aromatic rings. The van der Waals surface area contributed by atoms with E-state index in [4.69, 9.17) is 19.6 Å². The number of aromatic nitrogens is 1. The maximum atomic E-state index is 14.4. The molecule has 0 saturated heterocycles. The van der Waals surface area contributed by atoms with Crippen molar-refractivity contribution in [2.45, 2.75) is 89.4 Å². The van der Waals surface area contributed by atoms with Crippen molar-refractivity contribution < 1.29 is 28.3 Å². The van der Waals surface area contributed by atoms with E-state index in [0.29, 0.717) is 23.0 Å². The first-order valence-electron chi connectivity index (χ1n) is 15.0. The van der Waals surface area contributed by atoms with Gasteiger partial charge in [0.2, 0.25) is 6.79 Å². The van der Waals surface area contributed by atoms with Crippen molar-refractivity contribution in [2.75, 3.05) is 12.5 Å². The van der Waals surface area contributed by atoms with Crippen molar-refractivity contribution in [2.24, 2.45) is 0 Å². The summed E-state index contributed by atoms with van der Waals surface area (Å²) in [5.41, 5.74) is 7.20. The van der Waals surface area contributed by atoms with Crippen LogP contribution in [0.1, 0.15) is 101 Å². The van der Waals surface area contributed by atoms with E-state index in [1.807, 2.05) is 6.07 Å². The normalized spacial score (nSPS) is 17.5. The molecule has 1 aromatic carbocycles. The Morgan fingerprint density at radius 1 is 0.977 bits per heavy atom. The molecular formula is C31H37N5O6S. The van der Waals surface area contributed by atoms with Gasteiger partial charge in [-0.1, -0.05) is 38.2 Å². The van der Waals surface area contributed by atoms with E-state index < -0.39 is 11.9 Å². The molecule has 228 valence electrons. The number of amides is 3. The van der Waals surface area contributed by atoms with Crippen LogP contribution in [0.2, 0.25) is 0 Å². The van der Waals surface area contributed by atoms with Gasteiger partial charge in [0.25, 0.3) is 17.7 Å². The highest BCUT2D eigenvalue weighted by Gasteiger charge is 2.38. The van der Waals surface area contributed by atoms with E-state index in [9.17, 15) is 14.4 Å². The Morgan fingerprint density at radius 2 is 1.67 bits per heavy atom.